The molecule has 3 aromatic heterocycles. The molecule has 0 unspecified atom stereocenters. The third-order valence-electron chi connectivity index (χ3n) is 8.70. The molecule has 2 saturated carbocycles. The van der Waals surface area contributed by atoms with Gasteiger partial charge in [0.1, 0.15) is 11.2 Å². The number of hydrogen-bond donors (Lipinski definition) is 3. The molecule has 5 rings (SSSR count). The van der Waals surface area contributed by atoms with Gasteiger partial charge in [-0.2, -0.15) is 18.2 Å². The molecule has 0 aliphatic heterocycles. The van der Waals surface area contributed by atoms with Gasteiger partial charge in [-0.3, -0.25) is 4.98 Å². The fourth-order valence-corrected chi connectivity index (χ4v) is 5.91. The summed E-state index contributed by atoms with van der Waals surface area (Å²) in [6.07, 6.45) is 0.415. The van der Waals surface area contributed by atoms with Gasteiger partial charge in [-0.25, -0.2) is 19.7 Å². The fourth-order valence-electron chi connectivity index (χ4n) is 5.91. The summed E-state index contributed by atoms with van der Waals surface area (Å²) in [6.45, 7) is 6.64. The predicted molar refractivity (Wildman–Crippen MR) is 153 cm³/mol. The number of rotatable bonds is 8. The van der Waals surface area contributed by atoms with E-state index in [4.69, 9.17) is 15.8 Å². The van der Waals surface area contributed by atoms with E-state index in [-0.39, 0.29) is 48.0 Å². The number of aliphatic imine (C=N–C) groups is 1. The Morgan fingerprint density at radius 3 is 2.45 bits per heavy atom. The lowest BCUT2D eigenvalue weighted by atomic mass is 9.80. The van der Waals surface area contributed by atoms with Crippen molar-refractivity contribution < 1.29 is 23.1 Å². The van der Waals surface area contributed by atoms with Gasteiger partial charge in [-0.15, -0.1) is 0 Å². The molecule has 2 aliphatic carbocycles. The van der Waals surface area contributed by atoms with Crippen LogP contribution in [0.25, 0.3) is 22.7 Å². The number of nitrogens with one attached hydrogen (secondary N) is 1. The molecule has 2 aliphatic rings. The second-order valence-electron chi connectivity index (χ2n) is 11.9. The van der Waals surface area contributed by atoms with Crippen molar-refractivity contribution in [2.24, 2.45) is 28.5 Å². The van der Waals surface area contributed by atoms with Crippen LogP contribution in [0.5, 0.6) is 0 Å². The molecule has 1 amide bonds. The Kier molecular flexibility index (Phi) is 8.38. The largest absolute Gasteiger partial charge is 0.463 e. The predicted octanol–water partition coefficient (Wildman–Crippen LogP) is 6.36. The number of carbonyl (C=O) groups is 1. The molecule has 0 aromatic carbocycles. The van der Waals surface area contributed by atoms with Gasteiger partial charge in [0.15, 0.2) is 28.9 Å². The molecule has 4 N–H and O–H groups in total. The molecular weight excluding hydrogens is 549 g/mol. The van der Waals surface area contributed by atoms with Crippen molar-refractivity contribution in [2.45, 2.75) is 90.4 Å². The van der Waals surface area contributed by atoms with Crippen molar-refractivity contribution in [3.63, 3.8) is 0 Å². The van der Waals surface area contributed by atoms with Crippen LogP contribution in [-0.2, 0) is 6.54 Å². The van der Waals surface area contributed by atoms with Gasteiger partial charge in [0, 0.05) is 18.8 Å². The number of nitrogens with two attached hydrogens (primary N) is 1. The first kappa shape index (κ1) is 29.7. The minimum absolute atomic E-state index is 0.0109. The number of amidine groups is 1. The van der Waals surface area contributed by atoms with Gasteiger partial charge in [0.25, 0.3) is 0 Å². The highest BCUT2D eigenvalue weighted by atomic mass is 19.4. The number of fused-ring (bicyclic) bond motifs is 1. The number of anilines is 1. The number of aromatic nitrogens is 5. The molecule has 3 aromatic rings. The summed E-state index contributed by atoms with van der Waals surface area (Å²) in [5.41, 5.74) is 8.50. The summed E-state index contributed by atoms with van der Waals surface area (Å²) in [6, 6.07) is 3.95. The summed E-state index contributed by atoms with van der Waals surface area (Å²) in [5, 5.41) is 12.7. The zero-order chi connectivity index (χ0) is 30.2. The van der Waals surface area contributed by atoms with Crippen LogP contribution in [0.3, 0.4) is 0 Å². The van der Waals surface area contributed by atoms with E-state index in [2.05, 4.69) is 46.0 Å². The highest BCUT2D eigenvalue weighted by Gasteiger charge is 2.41. The topological polar surface area (TPSA) is 144 Å². The molecule has 0 saturated heterocycles. The SMILES string of the molecule is CC(C)c1ccnc(-c2nc3nc(/C(N)=N/C(=O)O)nc(N[C@H](C)C4CCC4)c3n2CC2CCC(C(F)(F)F)CC2)c1. The maximum Gasteiger partial charge on any atom is 0.433 e. The van der Waals surface area contributed by atoms with Gasteiger partial charge in [0.05, 0.1) is 5.92 Å². The number of halogens is 3. The van der Waals surface area contributed by atoms with E-state index < -0.39 is 18.2 Å². The number of carboxylic acid groups (broad SMARTS) is 1. The first-order valence-corrected chi connectivity index (χ1v) is 14.6. The molecule has 0 spiro atoms. The lowest BCUT2D eigenvalue weighted by molar-refractivity contribution is -0.184. The lowest BCUT2D eigenvalue weighted by Crippen LogP contribution is -2.32. The minimum Gasteiger partial charge on any atom is -0.463 e. The average molecular weight is 587 g/mol. The number of nitrogens with zero attached hydrogens (tertiary/aromatic N) is 6. The Labute approximate surface area is 242 Å². The van der Waals surface area contributed by atoms with E-state index in [1.807, 2.05) is 16.7 Å². The number of pyridine rings is 1. The van der Waals surface area contributed by atoms with Crippen LogP contribution < -0.4 is 11.1 Å². The highest BCUT2D eigenvalue weighted by Crippen LogP contribution is 2.41. The number of hydrogen-bond acceptors (Lipinski definition) is 6. The summed E-state index contributed by atoms with van der Waals surface area (Å²) in [5.74, 6) is -0.0826. The van der Waals surface area contributed by atoms with Crippen LogP contribution in [0.2, 0.25) is 0 Å². The lowest BCUT2D eigenvalue weighted by Gasteiger charge is -2.32. The average Bonchev–Trinajstić information content (AvgIpc) is 3.25. The summed E-state index contributed by atoms with van der Waals surface area (Å²) >= 11 is 0. The Balaban J connectivity index is 1.64. The standard InChI is InChI=1S/C29H37F3N8O2/c1-15(2)19-11-12-34-21(13-19)27-39-25-22(40(27)14-17-7-9-20(10-8-17)29(30,31)32)24(35-16(3)18-5-4-6-18)37-26(38-25)23(33)36-28(41)42/h11-13,15-18,20H,4-10,14H2,1-3H3,(H2,33,36)(H,41,42)(H,35,37,38)/t16-,17?,20?/m1/s1. The van der Waals surface area contributed by atoms with Crippen LogP contribution in [0, 0.1) is 17.8 Å². The molecule has 0 radical (unpaired) electrons. The molecule has 226 valence electrons. The van der Waals surface area contributed by atoms with Crippen molar-refractivity contribution in [3.8, 4) is 11.5 Å². The molecule has 13 heteroatoms. The van der Waals surface area contributed by atoms with E-state index in [1.165, 1.54) is 0 Å². The molecular formula is C29H37F3N8O2. The van der Waals surface area contributed by atoms with Crippen LogP contribution >= 0.6 is 0 Å². The molecule has 0 bridgehead atoms. The van der Waals surface area contributed by atoms with Gasteiger partial charge in [-0.05, 0) is 80.9 Å². The second-order valence-corrected chi connectivity index (χ2v) is 11.9. The molecule has 42 heavy (non-hydrogen) atoms. The third kappa shape index (κ3) is 6.34. The van der Waals surface area contributed by atoms with Crippen LogP contribution in [-0.4, -0.2) is 53.8 Å². The molecule has 3 heterocycles. The normalized spacial score (nSPS) is 21.0. The summed E-state index contributed by atoms with van der Waals surface area (Å²) in [4.78, 5) is 33.2. The van der Waals surface area contributed by atoms with Crippen molar-refractivity contribution in [1.82, 2.24) is 24.5 Å². The maximum absolute atomic E-state index is 13.4. The van der Waals surface area contributed by atoms with Gasteiger partial charge < -0.3 is 20.7 Å². The molecule has 1 atom stereocenters. The van der Waals surface area contributed by atoms with E-state index in [0.717, 1.165) is 24.8 Å². The van der Waals surface area contributed by atoms with E-state index in [0.29, 0.717) is 48.2 Å². The van der Waals surface area contributed by atoms with E-state index >= 15 is 0 Å². The zero-order valence-electron chi connectivity index (χ0n) is 24.0. The van der Waals surface area contributed by atoms with Gasteiger partial charge >= 0.3 is 12.3 Å². The molecule has 10 nitrogen and oxygen atoms in total. The van der Waals surface area contributed by atoms with E-state index in [9.17, 15) is 18.0 Å². The van der Waals surface area contributed by atoms with Gasteiger partial charge in [0.2, 0.25) is 0 Å². The van der Waals surface area contributed by atoms with Crippen LogP contribution in [0.15, 0.2) is 23.3 Å². The Morgan fingerprint density at radius 2 is 1.86 bits per heavy atom. The third-order valence-corrected chi connectivity index (χ3v) is 8.70. The second kappa shape index (κ2) is 11.8. The van der Waals surface area contributed by atoms with Crippen LogP contribution in [0.4, 0.5) is 23.8 Å². The smallest absolute Gasteiger partial charge is 0.433 e. The Bertz CT molecular complexity index is 1470. The van der Waals surface area contributed by atoms with Crippen LogP contribution in [0.1, 0.15) is 83.0 Å². The summed E-state index contributed by atoms with van der Waals surface area (Å²) < 4.78 is 42.1. The van der Waals surface area contributed by atoms with Crippen molar-refractivity contribution in [2.75, 3.05) is 5.32 Å². The first-order valence-electron chi connectivity index (χ1n) is 14.6. The van der Waals surface area contributed by atoms with Crippen molar-refractivity contribution >= 4 is 28.9 Å². The van der Waals surface area contributed by atoms with Crippen molar-refractivity contribution in [1.29, 1.82) is 0 Å². The Hall–Kier alpha value is -3.77. The fraction of sp³-hybridized carbons (Fsp3) is 0.586. The quantitative estimate of drug-likeness (QED) is 0.204. The molecule has 2 fully saturated rings. The highest BCUT2D eigenvalue weighted by molar-refractivity contribution is 6.01. The monoisotopic (exact) mass is 586 g/mol. The number of amides is 1. The maximum atomic E-state index is 13.4. The van der Waals surface area contributed by atoms with Crippen molar-refractivity contribution in [3.05, 3.63) is 29.7 Å². The number of imidazole rings is 1. The minimum atomic E-state index is -4.19. The van der Waals surface area contributed by atoms with E-state index in [1.54, 1.807) is 6.20 Å². The Morgan fingerprint density at radius 1 is 1.14 bits per heavy atom. The number of alkyl halides is 3. The zero-order valence-corrected chi connectivity index (χ0v) is 24.0. The summed E-state index contributed by atoms with van der Waals surface area (Å²) in [7, 11) is 0. The van der Waals surface area contributed by atoms with Gasteiger partial charge in [-0.1, -0.05) is 20.3 Å². The first-order chi connectivity index (χ1) is 19.9.